The first kappa shape index (κ1) is 25.9. The molecule has 0 bridgehead atoms. The molecule has 1 spiro atoms. The molecular formula is C34H40N2O4. The van der Waals surface area contributed by atoms with Gasteiger partial charge in [0.2, 0.25) is 11.8 Å². The van der Waals surface area contributed by atoms with Gasteiger partial charge in [0.05, 0.1) is 6.61 Å². The van der Waals surface area contributed by atoms with Crippen molar-refractivity contribution in [2.75, 3.05) is 26.2 Å². The number of likely N-dealkylation sites (tertiary alicyclic amines) is 1. The molecule has 6 nitrogen and oxygen atoms in total. The van der Waals surface area contributed by atoms with Crippen LogP contribution in [0.2, 0.25) is 0 Å². The first-order valence-corrected chi connectivity index (χ1v) is 15.5. The molecule has 3 unspecified atom stereocenters. The third kappa shape index (κ3) is 4.58. The van der Waals surface area contributed by atoms with E-state index in [-0.39, 0.29) is 34.8 Å². The van der Waals surface area contributed by atoms with Gasteiger partial charge in [-0.05, 0) is 94.3 Å². The van der Waals surface area contributed by atoms with E-state index >= 15 is 0 Å². The lowest BCUT2D eigenvalue weighted by molar-refractivity contribution is -0.136. The average molecular weight is 541 g/mol. The fraction of sp³-hybridized carbons (Fsp3) is 0.559. The Labute approximate surface area is 236 Å². The first-order chi connectivity index (χ1) is 19.5. The van der Waals surface area contributed by atoms with Crippen molar-refractivity contribution in [2.45, 2.75) is 82.0 Å². The summed E-state index contributed by atoms with van der Waals surface area (Å²) < 4.78 is 6.43. The molecular weight excluding hydrogens is 500 g/mol. The van der Waals surface area contributed by atoms with Crippen LogP contribution in [0.25, 0.3) is 0 Å². The number of benzene rings is 2. The van der Waals surface area contributed by atoms with Crippen LogP contribution in [0.3, 0.4) is 0 Å². The minimum absolute atomic E-state index is 0.0560. The summed E-state index contributed by atoms with van der Waals surface area (Å²) in [5.41, 5.74) is 6.43. The number of carbonyl (C=O) groups excluding carboxylic acids is 3. The number of ether oxygens (including phenoxy) is 1. The summed E-state index contributed by atoms with van der Waals surface area (Å²) in [5, 5.41) is 2.45. The van der Waals surface area contributed by atoms with Gasteiger partial charge in [-0.2, -0.15) is 0 Å². The van der Waals surface area contributed by atoms with Crippen molar-refractivity contribution in [3.8, 4) is 5.75 Å². The van der Waals surface area contributed by atoms with Crippen molar-refractivity contribution >= 4 is 17.6 Å². The maximum absolute atomic E-state index is 13.5. The van der Waals surface area contributed by atoms with Gasteiger partial charge in [0.15, 0.2) is 5.78 Å². The SMILES string of the molecule is O=C1CCC(CCC2CCc3c(ccc4c3OCC43CCN(CC4CCCc5ccccc54)CC3)C2=O)C(=O)N1. The van der Waals surface area contributed by atoms with E-state index in [1.807, 2.05) is 0 Å². The van der Waals surface area contributed by atoms with Crippen LogP contribution < -0.4 is 10.1 Å². The quantitative estimate of drug-likeness (QED) is 0.534. The van der Waals surface area contributed by atoms with E-state index in [0.29, 0.717) is 31.6 Å². The van der Waals surface area contributed by atoms with E-state index < -0.39 is 0 Å². The Morgan fingerprint density at radius 3 is 2.52 bits per heavy atom. The van der Waals surface area contributed by atoms with Gasteiger partial charge in [-0.25, -0.2) is 0 Å². The standard InChI is InChI=1S/C34H40N2O4/c37-30-15-11-24(33(39)35-30)9-8-23-10-12-28-27(31(23)38)13-14-29-32(28)40-21-34(29)16-18-36(19-17-34)20-25-6-3-5-22-4-1-2-7-26(22)25/h1-2,4,7,13-14,23-25H,3,5-6,8-12,15-21H2,(H,35,37,39). The number of rotatable bonds is 5. The Morgan fingerprint density at radius 2 is 1.68 bits per heavy atom. The summed E-state index contributed by atoms with van der Waals surface area (Å²) in [6.07, 6.45) is 10.0. The lowest BCUT2D eigenvalue weighted by atomic mass is 9.71. The Kier molecular flexibility index (Phi) is 6.77. The van der Waals surface area contributed by atoms with Crippen LogP contribution in [-0.2, 0) is 27.8 Å². The van der Waals surface area contributed by atoms with Crippen LogP contribution in [0, 0.1) is 11.8 Å². The summed E-state index contributed by atoms with van der Waals surface area (Å²) >= 11 is 0. The first-order valence-electron chi connectivity index (χ1n) is 15.5. The monoisotopic (exact) mass is 540 g/mol. The molecule has 2 aliphatic carbocycles. The van der Waals surface area contributed by atoms with E-state index in [0.717, 1.165) is 68.8 Å². The van der Waals surface area contributed by atoms with Crippen LogP contribution in [0.5, 0.6) is 5.75 Å². The van der Waals surface area contributed by atoms with Crippen molar-refractivity contribution in [1.29, 1.82) is 0 Å². The highest BCUT2D eigenvalue weighted by molar-refractivity contribution is 6.01. The van der Waals surface area contributed by atoms with E-state index in [1.54, 1.807) is 11.1 Å². The maximum Gasteiger partial charge on any atom is 0.229 e. The highest BCUT2D eigenvalue weighted by Crippen LogP contribution is 2.50. The van der Waals surface area contributed by atoms with Gasteiger partial charge in [-0.3, -0.25) is 19.7 Å². The highest BCUT2D eigenvalue weighted by Gasteiger charge is 2.45. The van der Waals surface area contributed by atoms with E-state index in [2.05, 4.69) is 46.6 Å². The number of nitrogens with zero attached hydrogens (tertiary/aromatic N) is 1. The van der Waals surface area contributed by atoms with Crippen LogP contribution >= 0.6 is 0 Å². The summed E-state index contributed by atoms with van der Waals surface area (Å²) in [6.45, 7) is 4.07. The second kappa shape index (κ2) is 10.4. The number of Topliss-reactive ketones (excluding diaryl/α,β-unsaturated/α-hetero) is 1. The number of hydrogen-bond donors (Lipinski definition) is 1. The molecule has 7 rings (SSSR count). The molecule has 0 aromatic heterocycles. The van der Waals surface area contributed by atoms with Gasteiger partial charge in [-0.1, -0.05) is 36.4 Å². The third-order valence-electron chi connectivity index (χ3n) is 10.7. The highest BCUT2D eigenvalue weighted by atomic mass is 16.5. The predicted octanol–water partition coefficient (Wildman–Crippen LogP) is 5.11. The summed E-state index contributed by atoms with van der Waals surface area (Å²) in [6, 6.07) is 13.3. The molecule has 2 fully saturated rings. The molecule has 5 aliphatic rings. The number of carbonyl (C=O) groups is 3. The zero-order valence-electron chi connectivity index (χ0n) is 23.4. The summed E-state index contributed by atoms with van der Waals surface area (Å²) in [5.74, 6) is 1.26. The fourth-order valence-electron chi connectivity index (χ4n) is 8.27. The largest absolute Gasteiger partial charge is 0.492 e. The van der Waals surface area contributed by atoms with Crippen molar-refractivity contribution < 1.29 is 19.1 Å². The number of nitrogens with one attached hydrogen (secondary N) is 1. The van der Waals surface area contributed by atoms with Gasteiger partial charge in [0.1, 0.15) is 5.75 Å². The van der Waals surface area contributed by atoms with Crippen molar-refractivity contribution in [2.24, 2.45) is 11.8 Å². The number of piperidine rings is 2. The Hall–Kier alpha value is -2.99. The number of fused-ring (bicyclic) bond motifs is 5. The van der Waals surface area contributed by atoms with Gasteiger partial charge in [-0.15, -0.1) is 0 Å². The summed E-state index contributed by atoms with van der Waals surface area (Å²) in [4.78, 5) is 39.8. The molecule has 6 heteroatoms. The van der Waals surface area contributed by atoms with Gasteiger partial charge < -0.3 is 9.64 Å². The molecule has 3 heterocycles. The van der Waals surface area contributed by atoms with E-state index in [4.69, 9.17) is 4.74 Å². The van der Waals surface area contributed by atoms with E-state index in [9.17, 15) is 14.4 Å². The molecule has 3 aliphatic heterocycles. The molecule has 210 valence electrons. The van der Waals surface area contributed by atoms with Crippen molar-refractivity contribution in [3.63, 3.8) is 0 Å². The number of amides is 2. The molecule has 2 saturated heterocycles. The van der Waals surface area contributed by atoms with Gasteiger partial charge in [0.25, 0.3) is 0 Å². The maximum atomic E-state index is 13.5. The van der Waals surface area contributed by atoms with Gasteiger partial charge >= 0.3 is 0 Å². The van der Waals surface area contributed by atoms with Crippen LogP contribution in [0.1, 0.15) is 96.3 Å². The molecule has 2 aromatic carbocycles. The second-order valence-electron chi connectivity index (χ2n) is 13.0. The number of aryl methyl sites for hydroxylation is 1. The third-order valence-corrected chi connectivity index (χ3v) is 10.7. The lowest BCUT2D eigenvalue weighted by Crippen LogP contribution is -2.45. The number of imide groups is 1. The smallest absolute Gasteiger partial charge is 0.229 e. The Bertz CT molecular complexity index is 1340. The topological polar surface area (TPSA) is 75.7 Å². The predicted molar refractivity (Wildman–Crippen MR) is 153 cm³/mol. The molecule has 0 saturated carbocycles. The minimum atomic E-state index is -0.184. The van der Waals surface area contributed by atoms with Crippen molar-refractivity contribution in [3.05, 3.63) is 64.2 Å². The van der Waals surface area contributed by atoms with Crippen LogP contribution in [0.15, 0.2) is 36.4 Å². The molecule has 40 heavy (non-hydrogen) atoms. The normalized spacial score (nSPS) is 27.5. The van der Waals surface area contributed by atoms with Crippen molar-refractivity contribution in [1.82, 2.24) is 10.2 Å². The Balaban J connectivity index is 1.00. The van der Waals surface area contributed by atoms with E-state index in [1.165, 1.54) is 24.8 Å². The van der Waals surface area contributed by atoms with Crippen LogP contribution in [-0.4, -0.2) is 48.7 Å². The average Bonchev–Trinajstić information content (AvgIpc) is 3.33. The molecule has 2 aromatic rings. The Morgan fingerprint density at radius 1 is 0.875 bits per heavy atom. The molecule has 3 atom stereocenters. The molecule has 1 N–H and O–H groups in total. The zero-order valence-corrected chi connectivity index (χ0v) is 23.4. The second-order valence-corrected chi connectivity index (χ2v) is 13.0. The number of hydrogen-bond acceptors (Lipinski definition) is 5. The number of ketones is 1. The summed E-state index contributed by atoms with van der Waals surface area (Å²) in [7, 11) is 0. The molecule has 0 radical (unpaired) electrons. The lowest BCUT2D eigenvalue weighted by Gasteiger charge is -2.40. The fourth-order valence-corrected chi connectivity index (χ4v) is 8.27. The van der Waals surface area contributed by atoms with Crippen LogP contribution in [0.4, 0.5) is 0 Å². The minimum Gasteiger partial charge on any atom is -0.492 e. The zero-order chi connectivity index (χ0) is 27.3. The molecule has 2 amide bonds. The van der Waals surface area contributed by atoms with Gasteiger partial charge in [0, 0.05) is 46.9 Å².